The van der Waals surface area contributed by atoms with Crippen molar-refractivity contribution in [2.45, 2.75) is 32.9 Å². The Morgan fingerprint density at radius 2 is 1.82 bits per heavy atom. The second-order valence-corrected chi connectivity index (χ2v) is 3.32. The summed E-state index contributed by atoms with van der Waals surface area (Å²) in [6.45, 7) is 3.11. The van der Waals surface area contributed by atoms with E-state index in [0.29, 0.717) is 6.42 Å². The van der Waals surface area contributed by atoms with E-state index >= 15 is 0 Å². The summed E-state index contributed by atoms with van der Waals surface area (Å²) in [5.41, 5.74) is 0. The van der Waals surface area contributed by atoms with Crippen molar-refractivity contribution in [1.29, 1.82) is 0 Å². The first-order valence-corrected chi connectivity index (χ1v) is 3.83. The Labute approximate surface area is 66.2 Å². The number of hydrogen-bond donors (Lipinski definition) is 0. The molecule has 0 aromatic heterocycles. The highest BCUT2D eigenvalue weighted by molar-refractivity contribution is 4.83. The number of halogens is 3. The molecular weight excluding hydrogens is 153 g/mol. The molecule has 66 valence electrons. The largest absolute Gasteiger partial charge is 0.392 e. The zero-order chi connectivity index (χ0) is 9.57. The fourth-order valence-corrected chi connectivity index (χ4v) is 1.64. The molecule has 0 nitrogen and oxygen atoms in total. The molecule has 1 rings (SSSR count). The van der Waals surface area contributed by atoms with Crippen LogP contribution >= 0.6 is 0 Å². The summed E-state index contributed by atoms with van der Waals surface area (Å²) >= 11 is 0. The molecule has 0 heterocycles. The Morgan fingerprint density at radius 3 is 2.00 bits per heavy atom. The van der Waals surface area contributed by atoms with Crippen LogP contribution in [0.4, 0.5) is 13.2 Å². The molecule has 2 unspecified atom stereocenters. The fraction of sp³-hybridized carbons (Fsp3) is 1.00. The van der Waals surface area contributed by atoms with E-state index in [1.165, 1.54) is 6.92 Å². The average molecular weight is 167 g/mol. The van der Waals surface area contributed by atoms with Crippen molar-refractivity contribution in [2.75, 3.05) is 0 Å². The van der Waals surface area contributed by atoms with Gasteiger partial charge in [0.2, 0.25) is 0 Å². The molecule has 1 aliphatic carbocycles. The minimum absolute atomic E-state index is 0.116. The Kier molecular flexibility index (Phi) is 1.81. The third-order valence-electron chi connectivity index (χ3n) is 2.61. The summed E-state index contributed by atoms with van der Waals surface area (Å²) in [6.07, 6.45) is -3.56. The number of rotatable bonds is 0. The molecule has 0 N–H and O–H groups in total. The van der Waals surface area contributed by atoms with Crippen LogP contribution in [0.25, 0.3) is 0 Å². The molecule has 3 atom stereocenters. The first-order valence-electron chi connectivity index (χ1n) is 4.33. The van der Waals surface area contributed by atoms with Crippen LogP contribution in [0.3, 0.4) is 0 Å². The van der Waals surface area contributed by atoms with E-state index in [9.17, 15) is 13.2 Å². The average Bonchev–Trinajstić information content (AvgIpc) is 2.06. The van der Waals surface area contributed by atoms with Crippen molar-refractivity contribution in [3.63, 3.8) is 0 Å². The second kappa shape index (κ2) is 2.68. The van der Waals surface area contributed by atoms with Crippen LogP contribution in [-0.2, 0) is 0 Å². The Bertz CT molecular complexity index is 174. The first-order chi connectivity index (χ1) is 5.26. The topological polar surface area (TPSA) is 0 Å². The van der Waals surface area contributed by atoms with Gasteiger partial charge >= 0.3 is 6.18 Å². The maximum atomic E-state index is 12.3. The maximum Gasteiger partial charge on any atom is 0.392 e. The normalized spacial score (nSPS) is 47.5. The molecule has 0 aliphatic heterocycles. The van der Waals surface area contributed by atoms with E-state index in [0.717, 1.165) is 0 Å². The van der Waals surface area contributed by atoms with Crippen LogP contribution in [0.5, 0.6) is 0 Å². The lowest BCUT2D eigenvalue weighted by atomic mass is 9.92. The molecule has 1 saturated carbocycles. The number of alkyl halides is 3. The second-order valence-electron chi connectivity index (χ2n) is 3.32. The predicted molar refractivity (Wildman–Crippen MR) is 37.1 cm³/mol. The van der Waals surface area contributed by atoms with Crippen LogP contribution in [0.2, 0.25) is 0 Å². The van der Waals surface area contributed by atoms with Gasteiger partial charge in [-0.15, -0.1) is 0 Å². The van der Waals surface area contributed by atoms with Crippen molar-refractivity contribution in [2.24, 2.45) is 17.7 Å². The maximum absolute atomic E-state index is 12.3. The predicted octanol–water partition coefficient (Wildman–Crippen LogP) is 3.23. The van der Waals surface area contributed by atoms with E-state index in [1.54, 1.807) is 6.92 Å². The van der Waals surface area contributed by atoms with Crippen LogP contribution < -0.4 is 0 Å². The zero-order valence-corrected chi connectivity index (χ0v) is 6.70. The van der Waals surface area contributed by atoms with Crippen molar-refractivity contribution in [1.82, 2.24) is 0 Å². The highest BCUT2D eigenvalue weighted by Gasteiger charge is 2.47. The van der Waals surface area contributed by atoms with E-state index in [4.69, 9.17) is 1.37 Å². The Balaban J connectivity index is 2.82. The van der Waals surface area contributed by atoms with Gasteiger partial charge in [0.15, 0.2) is 0 Å². The molecule has 0 saturated heterocycles. The summed E-state index contributed by atoms with van der Waals surface area (Å²) in [7, 11) is 0. The third kappa shape index (κ3) is 1.68. The minimum Gasteiger partial charge on any atom is -0.171 e. The zero-order valence-electron chi connectivity index (χ0n) is 7.70. The molecule has 0 amide bonds. The summed E-state index contributed by atoms with van der Waals surface area (Å²) < 4.78 is 44.5. The van der Waals surface area contributed by atoms with Crippen LogP contribution in [-0.4, -0.2) is 6.18 Å². The summed E-state index contributed by atoms with van der Waals surface area (Å²) in [5.74, 6) is -2.90. The SMILES string of the molecule is [2H][C@@]1(C)C(C)CCC1C(F)(F)F. The number of hydrogen-bond acceptors (Lipinski definition) is 0. The fourth-order valence-electron chi connectivity index (χ4n) is 1.64. The molecular formula is C8H13F3. The summed E-state index contributed by atoms with van der Waals surface area (Å²) in [5, 5.41) is 0. The van der Waals surface area contributed by atoms with Crippen LogP contribution in [0.15, 0.2) is 0 Å². The van der Waals surface area contributed by atoms with Gasteiger partial charge in [-0.1, -0.05) is 13.8 Å². The van der Waals surface area contributed by atoms with Gasteiger partial charge < -0.3 is 0 Å². The van der Waals surface area contributed by atoms with Gasteiger partial charge in [0.25, 0.3) is 0 Å². The molecule has 11 heavy (non-hydrogen) atoms. The van der Waals surface area contributed by atoms with Gasteiger partial charge in [-0.25, -0.2) is 0 Å². The molecule has 1 aliphatic rings. The highest BCUT2D eigenvalue weighted by atomic mass is 19.4. The highest BCUT2D eigenvalue weighted by Crippen LogP contribution is 2.45. The lowest BCUT2D eigenvalue weighted by molar-refractivity contribution is -0.183. The standard InChI is InChI=1S/C8H13F3/c1-5-3-4-7(6(5)2)8(9,10)11/h5-7H,3-4H2,1-2H3/t5?,6-,7?/m1/s1/i6D. The Hall–Kier alpha value is -0.210. The minimum atomic E-state index is -4.19. The molecule has 1 fully saturated rings. The van der Waals surface area contributed by atoms with Crippen molar-refractivity contribution in [3.05, 3.63) is 0 Å². The molecule has 0 aromatic rings. The molecule has 0 bridgehead atoms. The summed E-state index contributed by atoms with van der Waals surface area (Å²) in [6, 6.07) is 0. The van der Waals surface area contributed by atoms with Gasteiger partial charge in [0.05, 0.1) is 5.92 Å². The lowest BCUT2D eigenvalue weighted by Crippen LogP contribution is -2.26. The first kappa shape index (κ1) is 7.44. The van der Waals surface area contributed by atoms with Crippen LogP contribution in [0, 0.1) is 17.7 Å². The molecule has 0 spiro atoms. The van der Waals surface area contributed by atoms with E-state index in [-0.39, 0.29) is 12.3 Å². The van der Waals surface area contributed by atoms with Crippen LogP contribution in [0.1, 0.15) is 28.1 Å². The third-order valence-corrected chi connectivity index (χ3v) is 2.61. The summed E-state index contributed by atoms with van der Waals surface area (Å²) in [4.78, 5) is 0. The molecule has 0 aromatic carbocycles. The van der Waals surface area contributed by atoms with Gasteiger partial charge in [0.1, 0.15) is 0 Å². The van der Waals surface area contributed by atoms with E-state index in [1.807, 2.05) is 0 Å². The Morgan fingerprint density at radius 1 is 1.27 bits per heavy atom. The van der Waals surface area contributed by atoms with Gasteiger partial charge in [-0.3, -0.25) is 0 Å². The lowest BCUT2D eigenvalue weighted by Gasteiger charge is -2.20. The monoisotopic (exact) mass is 167 g/mol. The van der Waals surface area contributed by atoms with E-state index in [2.05, 4.69) is 0 Å². The van der Waals surface area contributed by atoms with Gasteiger partial charge in [-0.05, 0) is 24.7 Å². The van der Waals surface area contributed by atoms with Crippen molar-refractivity contribution >= 4 is 0 Å². The van der Waals surface area contributed by atoms with Crippen molar-refractivity contribution in [3.8, 4) is 0 Å². The molecule has 0 radical (unpaired) electrons. The van der Waals surface area contributed by atoms with E-state index < -0.39 is 18.0 Å². The quantitative estimate of drug-likeness (QED) is 0.519. The van der Waals surface area contributed by atoms with Gasteiger partial charge in [0, 0.05) is 1.37 Å². The smallest absolute Gasteiger partial charge is 0.171 e. The van der Waals surface area contributed by atoms with Gasteiger partial charge in [-0.2, -0.15) is 13.2 Å². The van der Waals surface area contributed by atoms with Crippen molar-refractivity contribution < 1.29 is 14.5 Å². The molecule has 3 heteroatoms.